The van der Waals surface area contributed by atoms with E-state index in [0.29, 0.717) is 0 Å². The lowest BCUT2D eigenvalue weighted by Gasteiger charge is -2.34. The van der Waals surface area contributed by atoms with Gasteiger partial charge in [0.05, 0.1) is 12.7 Å². The number of nitrogens with zero attached hydrogens (tertiary/aromatic N) is 2. The van der Waals surface area contributed by atoms with Crippen molar-refractivity contribution < 1.29 is 9.47 Å². The smallest absolute Gasteiger partial charge is 0.0934 e. The van der Waals surface area contributed by atoms with Crippen molar-refractivity contribution in [2.75, 3.05) is 59.6 Å². The maximum atomic E-state index is 6.44. The Morgan fingerprint density at radius 2 is 0.851 bits per heavy atom. The topological polar surface area (TPSA) is 24.9 Å². The SMILES string of the molecule is CCCCC/C=C\CCCCCCCCCCOCC(CN1CCN(C)CC1)OCCCCCCCCCCCCCCCCCC. The highest BCUT2D eigenvalue weighted by Gasteiger charge is 2.19. The van der Waals surface area contributed by atoms with Crippen molar-refractivity contribution in [1.82, 2.24) is 9.80 Å². The molecule has 1 unspecified atom stereocenters. The fourth-order valence-corrected chi connectivity index (χ4v) is 6.86. The second-order valence-electron chi connectivity index (χ2n) is 15.1. The molecule has 4 heteroatoms. The van der Waals surface area contributed by atoms with E-state index in [-0.39, 0.29) is 6.10 Å². The van der Waals surface area contributed by atoms with E-state index in [1.807, 2.05) is 0 Å². The fourth-order valence-electron chi connectivity index (χ4n) is 6.86. The highest BCUT2D eigenvalue weighted by atomic mass is 16.5. The van der Waals surface area contributed by atoms with Gasteiger partial charge in [0.25, 0.3) is 0 Å². The van der Waals surface area contributed by atoms with Gasteiger partial charge in [-0.3, -0.25) is 4.90 Å². The van der Waals surface area contributed by atoms with Gasteiger partial charge in [-0.2, -0.15) is 0 Å². The lowest BCUT2D eigenvalue weighted by molar-refractivity contribution is -0.0388. The van der Waals surface area contributed by atoms with Gasteiger partial charge in [0.15, 0.2) is 0 Å². The van der Waals surface area contributed by atoms with Crippen LogP contribution in [0, 0.1) is 0 Å². The first kappa shape index (κ1) is 44.6. The van der Waals surface area contributed by atoms with Crippen molar-refractivity contribution >= 4 is 0 Å². The third-order valence-electron chi connectivity index (χ3n) is 10.3. The van der Waals surface area contributed by atoms with E-state index in [9.17, 15) is 0 Å². The number of hydrogen-bond acceptors (Lipinski definition) is 4. The van der Waals surface area contributed by atoms with E-state index in [0.717, 1.165) is 39.5 Å². The maximum Gasteiger partial charge on any atom is 0.0934 e. The Hall–Kier alpha value is -0.420. The number of hydrogen-bond donors (Lipinski definition) is 0. The van der Waals surface area contributed by atoms with Crippen LogP contribution in [0.25, 0.3) is 0 Å². The third-order valence-corrected chi connectivity index (χ3v) is 10.3. The summed E-state index contributed by atoms with van der Waals surface area (Å²) < 4.78 is 12.6. The van der Waals surface area contributed by atoms with Gasteiger partial charge in [-0.05, 0) is 45.6 Å². The third kappa shape index (κ3) is 32.5. The van der Waals surface area contributed by atoms with Crippen molar-refractivity contribution in [3.8, 4) is 0 Å². The summed E-state index contributed by atoms with van der Waals surface area (Å²) >= 11 is 0. The lowest BCUT2D eigenvalue weighted by atomic mass is 10.0. The Kier molecular flexibility index (Phi) is 35.0. The average molecular weight is 663 g/mol. The van der Waals surface area contributed by atoms with Crippen LogP contribution in [0.1, 0.15) is 200 Å². The van der Waals surface area contributed by atoms with E-state index in [1.165, 1.54) is 199 Å². The van der Waals surface area contributed by atoms with Gasteiger partial charge in [-0.25, -0.2) is 0 Å². The average Bonchev–Trinajstić information content (AvgIpc) is 3.08. The number of ether oxygens (including phenoxy) is 2. The molecule has 0 aliphatic carbocycles. The van der Waals surface area contributed by atoms with Crippen LogP contribution < -0.4 is 0 Å². The first-order chi connectivity index (χ1) is 23.3. The summed E-state index contributed by atoms with van der Waals surface area (Å²) in [5.74, 6) is 0. The van der Waals surface area contributed by atoms with E-state index < -0.39 is 0 Å². The Labute approximate surface area is 296 Å². The molecule has 1 fully saturated rings. The number of rotatable bonds is 37. The van der Waals surface area contributed by atoms with Gasteiger partial charge in [0.1, 0.15) is 0 Å². The van der Waals surface area contributed by atoms with Gasteiger partial charge < -0.3 is 14.4 Å². The fraction of sp³-hybridized carbons (Fsp3) is 0.953. The van der Waals surface area contributed by atoms with E-state index in [4.69, 9.17) is 9.47 Å². The van der Waals surface area contributed by atoms with Gasteiger partial charge in [-0.15, -0.1) is 0 Å². The van der Waals surface area contributed by atoms with Gasteiger partial charge in [0.2, 0.25) is 0 Å². The Morgan fingerprint density at radius 3 is 1.34 bits per heavy atom. The minimum Gasteiger partial charge on any atom is -0.379 e. The lowest BCUT2D eigenvalue weighted by Crippen LogP contribution is -2.48. The number of allylic oxidation sites excluding steroid dienone is 2. The van der Waals surface area contributed by atoms with Crippen LogP contribution in [0.4, 0.5) is 0 Å². The van der Waals surface area contributed by atoms with Crippen LogP contribution in [0.3, 0.4) is 0 Å². The molecular formula is C43H86N2O2. The van der Waals surface area contributed by atoms with Crippen molar-refractivity contribution in [3.05, 3.63) is 12.2 Å². The zero-order valence-electron chi connectivity index (χ0n) is 32.6. The highest BCUT2D eigenvalue weighted by Crippen LogP contribution is 2.15. The molecule has 280 valence electrons. The van der Waals surface area contributed by atoms with Crippen LogP contribution in [0.5, 0.6) is 0 Å². The van der Waals surface area contributed by atoms with Crippen LogP contribution in [0.15, 0.2) is 12.2 Å². The summed E-state index contributed by atoms with van der Waals surface area (Å²) in [6, 6.07) is 0. The molecule has 4 nitrogen and oxygen atoms in total. The highest BCUT2D eigenvalue weighted by molar-refractivity contribution is 4.81. The largest absolute Gasteiger partial charge is 0.379 e. The van der Waals surface area contributed by atoms with E-state index in [1.54, 1.807) is 0 Å². The number of piperazine rings is 1. The summed E-state index contributed by atoms with van der Waals surface area (Å²) in [6.07, 6.45) is 45.1. The van der Waals surface area contributed by atoms with Crippen LogP contribution in [-0.4, -0.2) is 75.5 Å². The maximum absolute atomic E-state index is 6.44. The first-order valence-electron chi connectivity index (χ1n) is 21.5. The van der Waals surface area contributed by atoms with Crippen molar-refractivity contribution in [1.29, 1.82) is 0 Å². The van der Waals surface area contributed by atoms with E-state index >= 15 is 0 Å². The summed E-state index contributed by atoms with van der Waals surface area (Å²) in [7, 11) is 2.24. The molecule has 0 aromatic rings. The molecule has 0 spiro atoms. The van der Waals surface area contributed by atoms with Crippen molar-refractivity contribution in [3.63, 3.8) is 0 Å². The molecule has 1 aliphatic heterocycles. The summed E-state index contributed by atoms with van der Waals surface area (Å²) in [6.45, 7) is 12.8. The van der Waals surface area contributed by atoms with Crippen LogP contribution in [-0.2, 0) is 9.47 Å². The molecule has 0 aromatic carbocycles. The molecule has 0 aromatic heterocycles. The van der Waals surface area contributed by atoms with Gasteiger partial charge >= 0.3 is 0 Å². The minimum atomic E-state index is 0.223. The predicted molar refractivity (Wildman–Crippen MR) is 209 cm³/mol. The monoisotopic (exact) mass is 663 g/mol. The second kappa shape index (κ2) is 36.9. The second-order valence-corrected chi connectivity index (χ2v) is 15.1. The predicted octanol–water partition coefficient (Wildman–Crippen LogP) is 12.5. The Balaban J connectivity index is 2.00. The molecule has 0 radical (unpaired) electrons. The molecule has 1 saturated heterocycles. The summed E-state index contributed by atoms with van der Waals surface area (Å²) in [5.41, 5.74) is 0. The normalized spacial score (nSPS) is 15.3. The summed E-state index contributed by atoms with van der Waals surface area (Å²) in [5, 5.41) is 0. The molecule has 1 heterocycles. The molecule has 0 saturated carbocycles. The molecule has 0 N–H and O–H groups in total. The molecular weight excluding hydrogens is 576 g/mol. The van der Waals surface area contributed by atoms with E-state index in [2.05, 4.69) is 42.8 Å². The van der Waals surface area contributed by atoms with Crippen LogP contribution in [0.2, 0.25) is 0 Å². The molecule has 1 rings (SSSR count). The molecule has 0 bridgehead atoms. The zero-order chi connectivity index (χ0) is 33.7. The molecule has 1 aliphatic rings. The first-order valence-corrected chi connectivity index (χ1v) is 21.5. The molecule has 0 amide bonds. The van der Waals surface area contributed by atoms with Gasteiger partial charge in [0, 0.05) is 45.9 Å². The standard InChI is InChI=1S/C43H86N2O2/c1-4-6-8-10-12-14-16-18-20-22-24-26-28-30-32-34-40-47-43(41-45-37-35-44(3)36-38-45)42-46-39-33-31-29-27-25-23-21-19-17-15-13-11-9-7-5-2/h13,15,43H,4-12,14,16-42H2,1-3H3/b15-13-. The Bertz CT molecular complexity index is 619. The van der Waals surface area contributed by atoms with Crippen LogP contribution >= 0.6 is 0 Å². The Morgan fingerprint density at radius 1 is 0.468 bits per heavy atom. The summed E-state index contributed by atoms with van der Waals surface area (Å²) in [4.78, 5) is 5.03. The van der Waals surface area contributed by atoms with Gasteiger partial charge in [-0.1, -0.05) is 174 Å². The molecule has 1 atom stereocenters. The number of likely N-dealkylation sites (N-methyl/N-ethyl adjacent to an activating group) is 1. The van der Waals surface area contributed by atoms with Crippen molar-refractivity contribution in [2.24, 2.45) is 0 Å². The molecule has 47 heavy (non-hydrogen) atoms. The zero-order valence-corrected chi connectivity index (χ0v) is 32.6. The number of unbranched alkanes of at least 4 members (excludes halogenated alkanes) is 26. The van der Waals surface area contributed by atoms with Crippen molar-refractivity contribution in [2.45, 2.75) is 206 Å². The quantitative estimate of drug-likeness (QED) is 0.0488. The minimum absolute atomic E-state index is 0.223.